The fourth-order valence-corrected chi connectivity index (χ4v) is 1.87. The summed E-state index contributed by atoms with van der Waals surface area (Å²) in [4.78, 5) is 11.3. The molecule has 17 heavy (non-hydrogen) atoms. The zero-order chi connectivity index (χ0) is 12.6. The van der Waals surface area contributed by atoms with Crippen LogP contribution >= 0.6 is 23.2 Å². The van der Waals surface area contributed by atoms with E-state index < -0.39 is 5.91 Å². The van der Waals surface area contributed by atoms with Crippen LogP contribution in [0.3, 0.4) is 0 Å². The van der Waals surface area contributed by atoms with E-state index in [-0.39, 0.29) is 5.69 Å². The van der Waals surface area contributed by atoms with E-state index in [0.717, 1.165) is 0 Å². The summed E-state index contributed by atoms with van der Waals surface area (Å²) in [5.74, 6) is -0.568. The van der Waals surface area contributed by atoms with Gasteiger partial charge in [-0.2, -0.15) is 5.10 Å². The van der Waals surface area contributed by atoms with Crippen LogP contribution in [0.5, 0.6) is 0 Å². The summed E-state index contributed by atoms with van der Waals surface area (Å²) in [6, 6.07) is 6.52. The van der Waals surface area contributed by atoms with E-state index in [1.54, 1.807) is 31.2 Å². The van der Waals surface area contributed by atoms with Crippen LogP contribution in [0.15, 0.2) is 24.3 Å². The van der Waals surface area contributed by atoms with Gasteiger partial charge >= 0.3 is 0 Å². The number of nitrogens with two attached hydrogens (primary N) is 1. The van der Waals surface area contributed by atoms with Crippen LogP contribution in [0.25, 0.3) is 5.69 Å². The normalized spacial score (nSPS) is 10.5. The highest BCUT2D eigenvalue weighted by Crippen LogP contribution is 2.25. The smallest absolute Gasteiger partial charge is 0.267 e. The minimum atomic E-state index is -0.568. The highest BCUT2D eigenvalue weighted by Gasteiger charge is 2.14. The number of carbonyl (C=O) groups is 1. The lowest BCUT2D eigenvalue weighted by Crippen LogP contribution is -2.16. The predicted molar refractivity (Wildman–Crippen MR) is 66.8 cm³/mol. The lowest BCUT2D eigenvalue weighted by atomic mass is 10.3. The maximum absolute atomic E-state index is 11.3. The summed E-state index contributed by atoms with van der Waals surface area (Å²) < 4.78 is 1.39. The first-order chi connectivity index (χ1) is 7.99. The Kier molecular flexibility index (Phi) is 3.09. The van der Waals surface area contributed by atoms with Crippen molar-refractivity contribution < 1.29 is 4.79 Å². The number of aryl methyl sites for hydroxylation is 1. The number of hydrogen-bond donors (Lipinski definition) is 1. The average Bonchev–Trinajstić information content (AvgIpc) is 2.64. The summed E-state index contributed by atoms with van der Waals surface area (Å²) in [5.41, 5.74) is 6.75. The molecule has 0 atom stereocenters. The predicted octanol–water partition coefficient (Wildman–Crippen LogP) is 2.59. The van der Waals surface area contributed by atoms with Gasteiger partial charge in [0, 0.05) is 5.02 Å². The van der Waals surface area contributed by atoms with Crippen molar-refractivity contribution in [1.29, 1.82) is 0 Å². The third kappa shape index (κ3) is 2.28. The van der Waals surface area contributed by atoms with Gasteiger partial charge < -0.3 is 5.73 Å². The molecule has 2 N–H and O–H groups in total. The Labute approximate surface area is 108 Å². The Morgan fingerprint density at radius 2 is 2.06 bits per heavy atom. The number of aromatic nitrogens is 2. The molecule has 1 aromatic heterocycles. The van der Waals surface area contributed by atoms with Crippen molar-refractivity contribution in [2.75, 3.05) is 0 Å². The molecule has 2 rings (SSSR count). The fourth-order valence-electron chi connectivity index (χ4n) is 1.51. The Morgan fingerprint density at radius 1 is 1.35 bits per heavy atom. The molecule has 0 aliphatic heterocycles. The van der Waals surface area contributed by atoms with Gasteiger partial charge in [0.25, 0.3) is 5.91 Å². The van der Waals surface area contributed by atoms with E-state index in [9.17, 15) is 4.79 Å². The van der Waals surface area contributed by atoms with Gasteiger partial charge in [-0.3, -0.25) is 4.79 Å². The number of hydrogen-bond acceptors (Lipinski definition) is 2. The summed E-state index contributed by atoms with van der Waals surface area (Å²) >= 11 is 11.9. The number of carbonyl (C=O) groups excluding carboxylic acids is 1. The fraction of sp³-hybridized carbons (Fsp3) is 0.0909. The molecule has 6 heteroatoms. The number of rotatable bonds is 2. The number of halogens is 2. The topological polar surface area (TPSA) is 60.9 Å². The molecule has 2 aromatic rings. The SMILES string of the molecule is Cc1cc(C(N)=O)n(-c2cc(Cl)ccc2Cl)n1. The minimum absolute atomic E-state index is 0.270. The summed E-state index contributed by atoms with van der Waals surface area (Å²) in [6.45, 7) is 1.77. The molecule has 0 bridgehead atoms. The molecule has 0 aliphatic rings. The highest BCUT2D eigenvalue weighted by molar-refractivity contribution is 6.34. The number of benzene rings is 1. The van der Waals surface area contributed by atoms with Crippen LogP contribution in [0, 0.1) is 6.92 Å². The Balaban J connectivity index is 2.67. The van der Waals surface area contributed by atoms with E-state index in [4.69, 9.17) is 28.9 Å². The second kappa shape index (κ2) is 4.39. The van der Waals surface area contributed by atoms with Gasteiger partial charge in [0.2, 0.25) is 0 Å². The van der Waals surface area contributed by atoms with E-state index >= 15 is 0 Å². The molecular weight excluding hydrogens is 261 g/mol. The molecule has 1 heterocycles. The van der Waals surface area contributed by atoms with Crippen molar-refractivity contribution in [2.45, 2.75) is 6.92 Å². The van der Waals surface area contributed by atoms with Crippen LogP contribution in [-0.2, 0) is 0 Å². The van der Waals surface area contributed by atoms with Gasteiger partial charge in [0.05, 0.1) is 16.4 Å². The molecule has 88 valence electrons. The number of amides is 1. The van der Waals surface area contributed by atoms with Crippen molar-refractivity contribution in [3.8, 4) is 5.69 Å². The quantitative estimate of drug-likeness (QED) is 0.911. The second-order valence-electron chi connectivity index (χ2n) is 3.54. The molecule has 0 saturated heterocycles. The zero-order valence-corrected chi connectivity index (χ0v) is 10.5. The van der Waals surface area contributed by atoms with E-state index in [1.165, 1.54) is 4.68 Å². The van der Waals surface area contributed by atoms with Gasteiger partial charge in [-0.05, 0) is 31.2 Å². The first-order valence-electron chi connectivity index (χ1n) is 4.81. The lowest BCUT2D eigenvalue weighted by molar-refractivity contribution is 0.0993. The molecule has 0 spiro atoms. The van der Waals surface area contributed by atoms with Gasteiger partial charge in [0.15, 0.2) is 0 Å². The highest BCUT2D eigenvalue weighted by atomic mass is 35.5. The maximum Gasteiger partial charge on any atom is 0.267 e. The average molecular weight is 270 g/mol. The van der Waals surface area contributed by atoms with Crippen molar-refractivity contribution in [2.24, 2.45) is 5.73 Å². The van der Waals surface area contributed by atoms with Crippen molar-refractivity contribution in [1.82, 2.24) is 9.78 Å². The van der Waals surface area contributed by atoms with Crippen LogP contribution < -0.4 is 5.73 Å². The van der Waals surface area contributed by atoms with Crippen LogP contribution in [-0.4, -0.2) is 15.7 Å². The molecule has 0 radical (unpaired) electrons. The molecule has 1 aromatic carbocycles. The van der Waals surface area contributed by atoms with Gasteiger partial charge in [0.1, 0.15) is 5.69 Å². The van der Waals surface area contributed by atoms with E-state index in [2.05, 4.69) is 5.10 Å². The molecule has 0 saturated carbocycles. The van der Waals surface area contributed by atoms with Crippen molar-refractivity contribution in [3.05, 3.63) is 45.7 Å². The first kappa shape index (κ1) is 12.0. The molecule has 0 aliphatic carbocycles. The molecule has 4 nitrogen and oxygen atoms in total. The third-order valence-corrected chi connectivity index (χ3v) is 2.78. The van der Waals surface area contributed by atoms with Crippen molar-refractivity contribution >= 4 is 29.1 Å². The summed E-state index contributed by atoms with van der Waals surface area (Å²) in [6.07, 6.45) is 0. The molecule has 0 fully saturated rings. The Hall–Kier alpha value is -1.52. The van der Waals surface area contributed by atoms with Crippen molar-refractivity contribution in [3.63, 3.8) is 0 Å². The maximum atomic E-state index is 11.3. The molecule has 1 amide bonds. The van der Waals surface area contributed by atoms with Gasteiger partial charge in [-0.25, -0.2) is 4.68 Å². The lowest BCUT2D eigenvalue weighted by Gasteiger charge is -2.07. The monoisotopic (exact) mass is 269 g/mol. The third-order valence-electron chi connectivity index (χ3n) is 2.22. The number of nitrogens with zero attached hydrogens (tertiary/aromatic N) is 2. The summed E-state index contributed by atoms with van der Waals surface area (Å²) in [7, 11) is 0. The Morgan fingerprint density at radius 3 is 2.71 bits per heavy atom. The van der Waals surface area contributed by atoms with Crippen LogP contribution in [0.2, 0.25) is 10.0 Å². The zero-order valence-electron chi connectivity index (χ0n) is 8.95. The van der Waals surface area contributed by atoms with Crippen LogP contribution in [0.1, 0.15) is 16.2 Å². The van der Waals surface area contributed by atoms with Gasteiger partial charge in [-0.15, -0.1) is 0 Å². The standard InChI is InChI=1S/C11H9Cl2N3O/c1-6-4-10(11(14)17)16(15-6)9-5-7(12)2-3-8(9)13/h2-5H,1H3,(H2,14,17). The molecular formula is C11H9Cl2N3O. The van der Waals surface area contributed by atoms with E-state index in [1.807, 2.05) is 0 Å². The van der Waals surface area contributed by atoms with E-state index in [0.29, 0.717) is 21.4 Å². The largest absolute Gasteiger partial charge is 0.364 e. The molecule has 0 unspecified atom stereocenters. The Bertz CT molecular complexity index is 592. The minimum Gasteiger partial charge on any atom is -0.364 e. The summed E-state index contributed by atoms with van der Waals surface area (Å²) in [5, 5.41) is 5.13. The van der Waals surface area contributed by atoms with Crippen LogP contribution in [0.4, 0.5) is 0 Å². The second-order valence-corrected chi connectivity index (χ2v) is 4.39. The number of primary amides is 1. The first-order valence-corrected chi connectivity index (χ1v) is 5.56. The van der Waals surface area contributed by atoms with Gasteiger partial charge in [-0.1, -0.05) is 23.2 Å².